The first-order valence-corrected chi connectivity index (χ1v) is 5.23. The van der Waals surface area contributed by atoms with Crippen LogP contribution >= 0.6 is 0 Å². The highest BCUT2D eigenvalue weighted by Gasteiger charge is 2.30. The third-order valence-electron chi connectivity index (χ3n) is 2.70. The van der Waals surface area contributed by atoms with Crippen molar-refractivity contribution in [3.63, 3.8) is 0 Å². The third kappa shape index (κ3) is 2.20. The lowest BCUT2D eigenvalue weighted by atomic mass is 10.0. The molecule has 0 aliphatic carbocycles. The van der Waals surface area contributed by atoms with Crippen molar-refractivity contribution < 1.29 is 14.6 Å². The van der Waals surface area contributed by atoms with Crippen molar-refractivity contribution in [3.05, 3.63) is 35.4 Å². The summed E-state index contributed by atoms with van der Waals surface area (Å²) in [6, 6.07) is 7.66. The lowest BCUT2D eigenvalue weighted by Crippen LogP contribution is -2.34. The van der Waals surface area contributed by atoms with Gasteiger partial charge in [-0.3, -0.25) is 0 Å². The number of rotatable bonds is 2. The van der Waals surface area contributed by atoms with Crippen LogP contribution in [-0.2, 0) is 21.9 Å². The summed E-state index contributed by atoms with van der Waals surface area (Å²) in [6.45, 7) is 3.47. The highest BCUT2D eigenvalue weighted by molar-refractivity contribution is 5.25. The number of aliphatic hydroxyl groups is 1. The molecule has 0 amide bonds. The van der Waals surface area contributed by atoms with Crippen LogP contribution in [0.5, 0.6) is 0 Å². The minimum absolute atomic E-state index is 0.0682. The quantitative estimate of drug-likeness (QED) is 0.805. The SMILES string of the molecule is CC1(c2ccc(CO)cc2)OCCCO1. The molecule has 1 fully saturated rings. The summed E-state index contributed by atoms with van der Waals surface area (Å²) in [5.41, 5.74) is 1.90. The molecule has 0 radical (unpaired) electrons. The van der Waals surface area contributed by atoms with Gasteiger partial charge in [0, 0.05) is 5.56 Å². The molecule has 2 rings (SSSR count). The zero-order chi connectivity index (χ0) is 10.7. The van der Waals surface area contributed by atoms with Gasteiger partial charge in [-0.1, -0.05) is 24.3 Å². The third-order valence-corrected chi connectivity index (χ3v) is 2.70. The molecular formula is C12H16O3. The molecule has 1 aromatic carbocycles. The summed E-state index contributed by atoms with van der Waals surface area (Å²) in [5, 5.41) is 8.94. The van der Waals surface area contributed by atoms with Crippen molar-refractivity contribution in [1.29, 1.82) is 0 Å². The molecule has 0 saturated carbocycles. The van der Waals surface area contributed by atoms with Gasteiger partial charge in [-0.15, -0.1) is 0 Å². The molecule has 3 nitrogen and oxygen atoms in total. The van der Waals surface area contributed by atoms with E-state index >= 15 is 0 Å². The Morgan fingerprint density at radius 2 is 1.80 bits per heavy atom. The van der Waals surface area contributed by atoms with Crippen LogP contribution in [0, 0.1) is 0 Å². The Balaban J connectivity index is 2.20. The number of hydrogen-bond donors (Lipinski definition) is 1. The Bertz CT molecular complexity index is 312. The molecule has 0 aromatic heterocycles. The molecule has 1 saturated heterocycles. The number of hydrogen-bond acceptors (Lipinski definition) is 3. The Labute approximate surface area is 89.6 Å². The maximum absolute atomic E-state index is 8.94. The van der Waals surface area contributed by atoms with Crippen molar-refractivity contribution in [1.82, 2.24) is 0 Å². The van der Waals surface area contributed by atoms with Gasteiger partial charge in [0.05, 0.1) is 19.8 Å². The molecule has 0 bridgehead atoms. The highest BCUT2D eigenvalue weighted by Crippen LogP contribution is 2.30. The maximum Gasteiger partial charge on any atom is 0.191 e. The summed E-state index contributed by atoms with van der Waals surface area (Å²) in [6.07, 6.45) is 0.949. The van der Waals surface area contributed by atoms with Crippen LogP contribution in [0.25, 0.3) is 0 Å². The van der Waals surface area contributed by atoms with Crippen molar-refractivity contribution in [3.8, 4) is 0 Å². The average Bonchev–Trinajstić information content (AvgIpc) is 2.30. The summed E-state index contributed by atoms with van der Waals surface area (Å²) < 4.78 is 11.3. The maximum atomic E-state index is 8.94. The van der Waals surface area contributed by atoms with Crippen molar-refractivity contribution >= 4 is 0 Å². The van der Waals surface area contributed by atoms with E-state index in [9.17, 15) is 0 Å². The van der Waals surface area contributed by atoms with E-state index in [4.69, 9.17) is 14.6 Å². The molecule has 3 heteroatoms. The van der Waals surface area contributed by atoms with E-state index in [0.717, 1.165) is 30.8 Å². The van der Waals surface area contributed by atoms with E-state index < -0.39 is 5.79 Å². The number of ether oxygens (including phenoxy) is 2. The van der Waals surface area contributed by atoms with Gasteiger partial charge < -0.3 is 14.6 Å². The molecule has 1 N–H and O–H groups in total. The largest absolute Gasteiger partial charge is 0.392 e. The second-order valence-electron chi connectivity index (χ2n) is 3.85. The van der Waals surface area contributed by atoms with E-state index in [1.54, 1.807) is 0 Å². The Morgan fingerprint density at radius 1 is 1.20 bits per heavy atom. The van der Waals surface area contributed by atoms with Gasteiger partial charge in [0.25, 0.3) is 0 Å². The second-order valence-corrected chi connectivity index (χ2v) is 3.85. The molecule has 82 valence electrons. The first-order chi connectivity index (χ1) is 7.24. The zero-order valence-corrected chi connectivity index (χ0v) is 8.90. The zero-order valence-electron chi connectivity index (χ0n) is 8.90. The fraction of sp³-hybridized carbons (Fsp3) is 0.500. The molecule has 1 aromatic rings. The van der Waals surface area contributed by atoms with Crippen LogP contribution < -0.4 is 0 Å². The fourth-order valence-corrected chi connectivity index (χ4v) is 1.71. The molecule has 1 aliphatic heterocycles. The molecule has 1 heterocycles. The summed E-state index contributed by atoms with van der Waals surface area (Å²) in [7, 11) is 0. The molecule has 0 spiro atoms. The molecule has 15 heavy (non-hydrogen) atoms. The van der Waals surface area contributed by atoms with Gasteiger partial charge in [0.2, 0.25) is 0 Å². The second kappa shape index (κ2) is 4.31. The summed E-state index contributed by atoms with van der Waals surface area (Å²) in [4.78, 5) is 0. The predicted octanol–water partition coefficient (Wildman–Crippen LogP) is 1.79. The van der Waals surface area contributed by atoms with E-state index in [0.29, 0.717) is 0 Å². The summed E-state index contributed by atoms with van der Waals surface area (Å²) >= 11 is 0. The lowest BCUT2D eigenvalue weighted by molar-refractivity contribution is -0.264. The normalized spacial score (nSPS) is 20.1. The van der Waals surface area contributed by atoms with E-state index in [-0.39, 0.29) is 6.61 Å². The monoisotopic (exact) mass is 208 g/mol. The van der Waals surface area contributed by atoms with Crippen LogP contribution in [0.1, 0.15) is 24.5 Å². The van der Waals surface area contributed by atoms with Gasteiger partial charge in [-0.05, 0) is 18.9 Å². The summed E-state index contributed by atoms with van der Waals surface area (Å²) in [5.74, 6) is -0.619. The highest BCUT2D eigenvalue weighted by atomic mass is 16.7. The number of benzene rings is 1. The predicted molar refractivity (Wildman–Crippen MR) is 56.2 cm³/mol. The van der Waals surface area contributed by atoms with Gasteiger partial charge in [0.1, 0.15) is 0 Å². The standard InChI is InChI=1S/C12H16O3/c1-12(14-7-2-8-15-12)11-5-3-10(9-13)4-6-11/h3-6,13H,2,7-9H2,1H3. The molecule has 1 aliphatic rings. The van der Waals surface area contributed by atoms with Gasteiger partial charge in [-0.25, -0.2) is 0 Å². The van der Waals surface area contributed by atoms with Crippen LogP contribution in [0.4, 0.5) is 0 Å². The lowest BCUT2D eigenvalue weighted by Gasteiger charge is -2.34. The van der Waals surface area contributed by atoms with Gasteiger partial charge in [0.15, 0.2) is 5.79 Å². The van der Waals surface area contributed by atoms with Crippen molar-refractivity contribution in [2.24, 2.45) is 0 Å². The minimum Gasteiger partial charge on any atom is -0.392 e. The van der Waals surface area contributed by atoms with Crippen LogP contribution in [-0.4, -0.2) is 18.3 Å². The van der Waals surface area contributed by atoms with Crippen LogP contribution in [0.15, 0.2) is 24.3 Å². The van der Waals surface area contributed by atoms with Crippen molar-refractivity contribution in [2.45, 2.75) is 25.7 Å². The Hall–Kier alpha value is -0.900. The van der Waals surface area contributed by atoms with Crippen molar-refractivity contribution in [2.75, 3.05) is 13.2 Å². The molecular weight excluding hydrogens is 192 g/mol. The molecule has 0 atom stereocenters. The van der Waals surface area contributed by atoms with E-state index in [2.05, 4.69) is 0 Å². The van der Waals surface area contributed by atoms with Crippen LogP contribution in [0.2, 0.25) is 0 Å². The first kappa shape index (κ1) is 10.6. The van der Waals surface area contributed by atoms with E-state index in [1.807, 2.05) is 31.2 Å². The molecule has 0 unspecified atom stereocenters. The van der Waals surface area contributed by atoms with Crippen LogP contribution in [0.3, 0.4) is 0 Å². The first-order valence-electron chi connectivity index (χ1n) is 5.23. The van der Waals surface area contributed by atoms with E-state index in [1.165, 1.54) is 0 Å². The number of aliphatic hydroxyl groups excluding tert-OH is 1. The van der Waals surface area contributed by atoms with Gasteiger partial charge in [-0.2, -0.15) is 0 Å². The van der Waals surface area contributed by atoms with Gasteiger partial charge >= 0.3 is 0 Å². The Kier molecular flexibility index (Phi) is 3.05. The smallest absolute Gasteiger partial charge is 0.191 e. The average molecular weight is 208 g/mol. The topological polar surface area (TPSA) is 38.7 Å². The fourth-order valence-electron chi connectivity index (χ4n) is 1.71. The Morgan fingerprint density at radius 3 is 2.33 bits per heavy atom. The minimum atomic E-state index is -0.619.